The second kappa shape index (κ2) is 5.51. The van der Waals surface area contributed by atoms with Crippen LogP contribution < -0.4 is 5.32 Å². The van der Waals surface area contributed by atoms with E-state index in [1.54, 1.807) is 6.26 Å². The Morgan fingerprint density at radius 1 is 1.44 bits per heavy atom. The number of rotatable bonds is 4. The van der Waals surface area contributed by atoms with Crippen LogP contribution in [-0.2, 0) is 6.42 Å². The average Bonchev–Trinajstić information content (AvgIpc) is 2.98. The highest BCUT2D eigenvalue weighted by Gasteiger charge is 2.25. The van der Waals surface area contributed by atoms with Crippen molar-refractivity contribution in [1.29, 1.82) is 0 Å². The van der Waals surface area contributed by atoms with Crippen molar-refractivity contribution in [2.45, 2.75) is 35.3 Å². The van der Waals surface area contributed by atoms with E-state index in [4.69, 9.17) is 4.42 Å². The molecule has 0 spiro atoms. The van der Waals surface area contributed by atoms with Crippen molar-refractivity contribution >= 4 is 23.1 Å². The van der Waals surface area contributed by atoms with Crippen LogP contribution in [0.15, 0.2) is 38.5 Å². The summed E-state index contributed by atoms with van der Waals surface area (Å²) < 4.78 is 6.85. The summed E-state index contributed by atoms with van der Waals surface area (Å²) in [5, 5.41) is 6.58. The highest BCUT2D eigenvalue weighted by atomic mass is 32.2. The molecule has 2 aromatic rings. The van der Waals surface area contributed by atoms with E-state index in [-0.39, 0.29) is 0 Å². The van der Waals surface area contributed by atoms with Crippen molar-refractivity contribution in [3.8, 4) is 0 Å². The predicted octanol–water partition coefficient (Wildman–Crippen LogP) is 4.10. The van der Waals surface area contributed by atoms with Crippen LogP contribution in [-0.4, -0.2) is 11.8 Å². The molecule has 0 aliphatic carbocycles. The number of fused-ring (bicyclic) bond motifs is 1. The summed E-state index contributed by atoms with van der Waals surface area (Å²) in [6, 6.07) is 6.77. The van der Waals surface area contributed by atoms with Gasteiger partial charge in [-0.3, -0.25) is 0 Å². The normalized spacial score (nSPS) is 22.9. The highest BCUT2D eigenvalue weighted by Crippen LogP contribution is 2.43. The summed E-state index contributed by atoms with van der Waals surface area (Å²) in [6.45, 7) is 3.29. The highest BCUT2D eigenvalue weighted by molar-refractivity contribution is 8.01. The van der Waals surface area contributed by atoms with Crippen molar-refractivity contribution in [3.63, 3.8) is 0 Å². The van der Waals surface area contributed by atoms with Crippen LogP contribution in [0.5, 0.6) is 0 Å². The molecule has 0 amide bonds. The zero-order valence-corrected chi connectivity index (χ0v) is 12.0. The average molecular weight is 279 g/mol. The van der Waals surface area contributed by atoms with Gasteiger partial charge in [-0.05, 0) is 35.6 Å². The lowest BCUT2D eigenvalue weighted by atomic mass is 10.0. The summed E-state index contributed by atoms with van der Waals surface area (Å²) in [5.74, 6) is 1.06. The Balaban J connectivity index is 1.60. The molecule has 3 rings (SSSR count). The molecule has 2 atom stereocenters. The van der Waals surface area contributed by atoms with Gasteiger partial charge in [0.1, 0.15) is 5.76 Å². The van der Waals surface area contributed by atoms with Crippen LogP contribution in [0.25, 0.3) is 0 Å². The van der Waals surface area contributed by atoms with Crippen molar-refractivity contribution in [2.75, 3.05) is 6.54 Å². The Morgan fingerprint density at radius 3 is 3.22 bits per heavy atom. The van der Waals surface area contributed by atoms with Gasteiger partial charge >= 0.3 is 0 Å². The Bertz CT molecular complexity index is 492. The third kappa shape index (κ3) is 2.66. The monoisotopic (exact) mass is 279 g/mol. The van der Waals surface area contributed by atoms with E-state index in [0.29, 0.717) is 11.3 Å². The second-order valence-electron chi connectivity index (χ2n) is 4.66. The molecule has 96 valence electrons. The third-order valence-corrected chi connectivity index (χ3v) is 5.60. The van der Waals surface area contributed by atoms with Crippen LogP contribution in [0.4, 0.5) is 0 Å². The largest absolute Gasteiger partial charge is 0.469 e. The lowest BCUT2D eigenvalue weighted by Crippen LogP contribution is -2.28. The van der Waals surface area contributed by atoms with E-state index < -0.39 is 0 Å². The van der Waals surface area contributed by atoms with Crippen LogP contribution in [0, 0.1) is 0 Å². The lowest BCUT2D eigenvalue weighted by molar-refractivity contribution is 0.459. The van der Waals surface area contributed by atoms with E-state index in [9.17, 15) is 0 Å². The summed E-state index contributed by atoms with van der Waals surface area (Å²) in [5.41, 5.74) is 1.49. The zero-order valence-electron chi connectivity index (χ0n) is 10.4. The molecule has 4 heteroatoms. The standard InChI is InChI=1S/C14H17NOS2/c1-10-9-13(12-5-8-17-14(12)18-10)15-6-4-11-3-2-7-16-11/h2-3,5,7-8,10,13,15H,4,6,9H2,1H3/t10-,13?/m0/s1. The molecule has 3 heterocycles. The van der Waals surface area contributed by atoms with Crippen molar-refractivity contribution in [2.24, 2.45) is 0 Å². The molecule has 0 saturated heterocycles. The minimum Gasteiger partial charge on any atom is -0.469 e. The Hall–Kier alpha value is -0.710. The molecule has 1 unspecified atom stereocenters. The van der Waals surface area contributed by atoms with Crippen LogP contribution in [0.3, 0.4) is 0 Å². The minimum atomic E-state index is 0.512. The summed E-state index contributed by atoms with van der Waals surface area (Å²) in [7, 11) is 0. The molecule has 1 N–H and O–H groups in total. The number of hydrogen-bond acceptors (Lipinski definition) is 4. The number of thiophene rings is 1. The Morgan fingerprint density at radius 2 is 2.39 bits per heavy atom. The van der Waals surface area contributed by atoms with E-state index in [2.05, 4.69) is 23.7 Å². The smallest absolute Gasteiger partial charge is 0.105 e. The molecular formula is C14H17NOS2. The van der Waals surface area contributed by atoms with Gasteiger partial charge in [0.2, 0.25) is 0 Å². The summed E-state index contributed by atoms with van der Waals surface area (Å²) >= 11 is 3.88. The molecular weight excluding hydrogens is 262 g/mol. The first kappa shape index (κ1) is 12.3. The van der Waals surface area contributed by atoms with Crippen LogP contribution in [0.1, 0.15) is 30.7 Å². The Kier molecular flexibility index (Phi) is 3.77. The topological polar surface area (TPSA) is 25.2 Å². The molecule has 1 aliphatic rings. The zero-order chi connectivity index (χ0) is 12.4. The Labute approximate surface area is 116 Å². The summed E-state index contributed by atoms with van der Waals surface area (Å²) in [6.07, 6.45) is 3.92. The molecule has 2 aromatic heterocycles. The predicted molar refractivity (Wildman–Crippen MR) is 77.4 cm³/mol. The van der Waals surface area contributed by atoms with Gasteiger partial charge in [0.15, 0.2) is 0 Å². The second-order valence-corrected chi connectivity index (χ2v) is 7.29. The van der Waals surface area contributed by atoms with Gasteiger partial charge in [-0.2, -0.15) is 0 Å². The van der Waals surface area contributed by atoms with E-state index >= 15 is 0 Å². The molecule has 0 saturated carbocycles. The SMILES string of the molecule is C[C@H]1CC(NCCc2ccco2)c2ccsc2S1. The van der Waals surface area contributed by atoms with Gasteiger partial charge in [0.25, 0.3) is 0 Å². The number of thioether (sulfide) groups is 1. The van der Waals surface area contributed by atoms with Gasteiger partial charge in [-0.25, -0.2) is 0 Å². The maximum absolute atomic E-state index is 5.36. The maximum atomic E-state index is 5.36. The first-order valence-corrected chi connectivity index (χ1v) is 8.08. The van der Waals surface area contributed by atoms with Gasteiger partial charge in [0.05, 0.1) is 10.5 Å². The summed E-state index contributed by atoms with van der Waals surface area (Å²) in [4.78, 5) is 0. The third-order valence-electron chi connectivity index (χ3n) is 3.25. The molecule has 1 aliphatic heterocycles. The molecule has 2 nitrogen and oxygen atoms in total. The van der Waals surface area contributed by atoms with Gasteiger partial charge in [0, 0.05) is 24.3 Å². The quantitative estimate of drug-likeness (QED) is 0.912. The fraction of sp³-hybridized carbons (Fsp3) is 0.429. The van der Waals surface area contributed by atoms with E-state index in [0.717, 1.165) is 18.7 Å². The minimum absolute atomic E-state index is 0.512. The fourth-order valence-electron chi connectivity index (χ4n) is 2.37. The lowest BCUT2D eigenvalue weighted by Gasteiger charge is -2.27. The molecule has 0 fully saturated rings. The number of nitrogens with one attached hydrogen (secondary N) is 1. The van der Waals surface area contributed by atoms with Gasteiger partial charge < -0.3 is 9.73 Å². The van der Waals surface area contributed by atoms with Gasteiger partial charge in [-0.1, -0.05) is 6.92 Å². The van der Waals surface area contributed by atoms with Gasteiger partial charge in [-0.15, -0.1) is 23.1 Å². The molecule has 0 bridgehead atoms. The maximum Gasteiger partial charge on any atom is 0.105 e. The molecule has 0 radical (unpaired) electrons. The first-order chi connectivity index (χ1) is 8.83. The number of hydrogen-bond donors (Lipinski definition) is 1. The fourth-order valence-corrected chi connectivity index (χ4v) is 4.93. The number of furan rings is 1. The van der Waals surface area contributed by atoms with Crippen LogP contribution >= 0.6 is 23.1 Å². The van der Waals surface area contributed by atoms with E-state index in [1.165, 1.54) is 16.2 Å². The van der Waals surface area contributed by atoms with Crippen molar-refractivity contribution < 1.29 is 4.42 Å². The van der Waals surface area contributed by atoms with E-state index in [1.807, 2.05) is 35.2 Å². The van der Waals surface area contributed by atoms with Crippen molar-refractivity contribution in [3.05, 3.63) is 41.2 Å². The van der Waals surface area contributed by atoms with Crippen LogP contribution in [0.2, 0.25) is 0 Å². The van der Waals surface area contributed by atoms with Crippen molar-refractivity contribution in [1.82, 2.24) is 5.32 Å². The first-order valence-electron chi connectivity index (χ1n) is 6.33. The molecule has 0 aromatic carbocycles. The molecule has 18 heavy (non-hydrogen) atoms.